The maximum atomic E-state index is 11.5. The Kier molecular flexibility index (Phi) is 10.4. The first-order valence-corrected chi connectivity index (χ1v) is 9.01. The summed E-state index contributed by atoms with van der Waals surface area (Å²) in [4.78, 5) is 11.5. The third kappa shape index (κ3) is 20.3. The van der Waals surface area contributed by atoms with Gasteiger partial charge in [-0.25, -0.2) is 0 Å². The molecule has 142 valence electrons. The van der Waals surface area contributed by atoms with Crippen molar-refractivity contribution >= 4 is 5.91 Å². The van der Waals surface area contributed by atoms with Crippen LogP contribution in [0, 0.1) is 0 Å². The molecule has 0 aliphatic rings. The summed E-state index contributed by atoms with van der Waals surface area (Å²) < 4.78 is 63.6. The van der Waals surface area contributed by atoms with Crippen LogP contribution in [0.1, 0.15) is 82.1 Å². The van der Waals surface area contributed by atoms with Crippen molar-refractivity contribution in [3.8, 4) is 0 Å². The molecule has 2 N–H and O–H groups in total. The molecule has 0 saturated heterocycles. The SMILES string of the molecule is [3H]/C(CCCCC)=C(\[3H])C/C([3H])=C(/[3H])C/C([3H])=C(/[3H])C/C([3H])=C(/[3H])CCCC(=O)NCCO. The number of amides is 1. The van der Waals surface area contributed by atoms with Crippen LogP contribution in [0.4, 0.5) is 0 Å². The lowest BCUT2D eigenvalue weighted by Gasteiger charge is -2.00. The van der Waals surface area contributed by atoms with Crippen LogP contribution in [0.25, 0.3) is 0 Å². The van der Waals surface area contributed by atoms with Gasteiger partial charge in [0.25, 0.3) is 0 Å². The third-order valence-corrected chi connectivity index (χ3v) is 3.08. The number of hydrogen-bond acceptors (Lipinski definition) is 2. The molecule has 0 aromatic rings. The van der Waals surface area contributed by atoms with E-state index < -0.39 is 0 Å². The van der Waals surface area contributed by atoms with Crippen LogP contribution in [-0.2, 0) is 4.79 Å². The zero-order chi connectivity index (χ0) is 25.4. The van der Waals surface area contributed by atoms with Crippen molar-refractivity contribution in [2.75, 3.05) is 13.2 Å². The van der Waals surface area contributed by atoms with E-state index in [0.29, 0.717) is 12.8 Å². The lowest BCUT2D eigenvalue weighted by atomic mass is 10.2. The summed E-state index contributed by atoms with van der Waals surface area (Å²) in [6.07, 6.45) is 3.26. The molecule has 3 nitrogen and oxygen atoms in total. The predicted octanol–water partition coefficient (Wildman–Crippen LogP) is 5.24. The largest absolute Gasteiger partial charge is 0.395 e. The molecule has 0 unspecified atom stereocenters. The molecule has 0 rings (SSSR count). The molecule has 0 fully saturated rings. The van der Waals surface area contributed by atoms with Crippen LogP contribution < -0.4 is 5.32 Å². The van der Waals surface area contributed by atoms with Crippen LogP contribution >= 0.6 is 0 Å². The maximum Gasteiger partial charge on any atom is 0.220 e. The van der Waals surface area contributed by atoms with E-state index >= 15 is 0 Å². The standard InChI is InChI=1S/C22H37NO2/c1-2-3-4-5-6-7-8-9-10-11-12-13-14-15-16-17-18-19-22(25)23-20-21-24/h6-7,9-10,12-13,15-16,24H,2-5,8,11,14,17-21H2,1H3,(H,23,25)/b7-6-,10-9-,13-12-,16-15-/i6T,7T,9T,10T,12T,13T,15T,16T. The van der Waals surface area contributed by atoms with Gasteiger partial charge in [0.15, 0.2) is 0 Å². The van der Waals surface area contributed by atoms with E-state index in [1.165, 1.54) is 0 Å². The van der Waals surface area contributed by atoms with Gasteiger partial charge in [-0.1, -0.05) is 68.2 Å². The maximum absolute atomic E-state index is 11.5. The second-order valence-corrected chi connectivity index (χ2v) is 5.33. The molecule has 0 aromatic carbocycles. The fourth-order valence-corrected chi connectivity index (χ4v) is 1.77. The van der Waals surface area contributed by atoms with E-state index in [1.807, 2.05) is 6.92 Å². The van der Waals surface area contributed by atoms with Crippen LogP contribution in [0.3, 0.4) is 0 Å². The summed E-state index contributed by atoms with van der Waals surface area (Å²) in [5.74, 6) is -0.247. The minimum absolute atomic E-state index is 0.0114. The van der Waals surface area contributed by atoms with Crippen LogP contribution in [-0.4, -0.2) is 24.2 Å². The quantitative estimate of drug-likeness (QED) is 0.291. The molecule has 0 radical (unpaired) electrons. The number of carbonyl (C=O) groups excluding carboxylic acids is 1. The summed E-state index contributed by atoms with van der Waals surface area (Å²) in [7, 11) is 0. The predicted molar refractivity (Wildman–Crippen MR) is 108 cm³/mol. The number of rotatable bonds is 16. The van der Waals surface area contributed by atoms with Gasteiger partial charge >= 0.3 is 0 Å². The molecule has 1 amide bonds. The number of nitrogens with one attached hydrogen (secondary N) is 1. The lowest BCUT2D eigenvalue weighted by Crippen LogP contribution is -2.25. The first-order chi connectivity index (χ1) is 15.5. The fraction of sp³-hybridized carbons (Fsp3) is 0.591. The van der Waals surface area contributed by atoms with Gasteiger partial charge in [-0.2, -0.15) is 0 Å². The van der Waals surface area contributed by atoms with Gasteiger partial charge in [0.2, 0.25) is 5.91 Å². The Morgan fingerprint density at radius 2 is 1.40 bits per heavy atom. The minimum atomic E-state index is -0.278. The van der Waals surface area contributed by atoms with E-state index in [4.69, 9.17) is 16.1 Å². The summed E-state index contributed by atoms with van der Waals surface area (Å²) in [5, 5.41) is 11.2. The first kappa shape index (κ1) is 12.7. The molecular weight excluding hydrogens is 310 g/mol. The molecule has 0 aliphatic carbocycles. The highest BCUT2D eigenvalue weighted by atomic mass is 16.3. The average Bonchev–Trinajstić information content (AvgIpc) is 2.77. The van der Waals surface area contributed by atoms with E-state index in [1.54, 1.807) is 0 Å². The van der Waals surface area contributed by atoms with Crippen molar-refractivity contribution in [1.29, 1.82) is 0 Å². The minimum Gasteiger partial charge on any atom is -0.395 e. The summed E-state index contributed by atoms with van der Waals surface area (Å²) in [5.41, 5.74) is 0. The highest BCUT2D eigenvalue weighted by Crippen LogP contribution is 2.01. The summed E-state index contributed by atoms with van der Waals surface area (Å²) in [6, 6.07) is -0.832. The number of aliphatic hydroxyl groups excluding tert-OH is 1. The third-order valence-electron chi connectivity index (χ3n) is 3.08. The number of allylic oxidation sites excluding steroid dienone is 8. The molecular formula is C22H37NO2. The number of aliphatic hydroxyl groups is 1. The Labute approximate surface area is 165 Å². The van der Waals surface area contributed by atoms with Crippen LogP contribution in [0.5, 0.6) is 0 Å². The molecule has 0 aromatic heterocycles. The van der Waals surface area contributed by atoms with Crippen molar-refractivity contribution in [2.24, 2.45) is 0 Å². The number of hydrogen-bond donors (Lipinski definition) is 2. The Morgan fingerprint density at radius 1 is 0.880 bits per heavy atom. The molecule has 3 heteroatoms. The Hall–Kier alpha value is -1.61. The van der Waals surface area contributed by atoms with Crippen molar-refractivity contribution in [3.63, 3.8) is 0 Å². The molecule has 25 heavy (non-hydrogen) atoms. The Morgan fingerprint density at radius 3 is 1.92 bits per heavy atom. The number of unbranched alkanes of at least 4 members (excludes halogenated alkanes) is 2. The summed E-state index contributed by atoms with van der Waals surface area (Å²) >= 11 is 0. The van der Waals surface area contributed by atoms with Gasteiger partial charge in [0, 0.05) is 13.0 Å². The fourth-order valence-electron chi connectivity index (χ4n) is 1.77. The Balaban J connectivity index is 4.91. The average molecular weight is 364 g/mol. The van der Waals surface area contributed by atoms with Crippen LogP contribution in [0.15, 0.2) is 48.4 Å². The first-order valence-electron chi connectivity index (χ1n) is 13.0. The van der Waals surface area contributed by atoms with Gasteiger partial charge < -0.3 is 10.4 Å². The van der Waals surface area contributed by atoms with Crippen molar-refractivity contribution in [1.82, 2.24) is 5.32 Å². The zero-order valence-electron chi connectivity index (χ0n) is 23.3. The molecule has 0 heterocycles. The van der Waals surface area contributed by atoms with Crippen molar-refractivity contribution < 1.29 is 20.9 Å². The smallest absolute Gasteiger partial charge is 0.220 e. The van der Waals surface area contributed by atoms with E-state index in [-0.39, 0.29) is 99.6 Å². The topological polar surface area (TPSA) is 49.3 Å². The molecule has 0 aliphatic heterocycles. The van der Waals surface area contributed by atoms with E-state index in [9.17, 15) is 4.79 Å². The van der Waals surface area contributed by atoms with Crippen molar-refractivity contribution in [2.45, 2.75) is 71.1 Å². The van der Waals surface area contributed by atoms with Gasteiger partial charge in [-0.3, -0.25) is 4.79 Å². The van der Waals surface area contributed by atoms with E-state index in [0.717, 1.165) is 19.3 Å². The molecule has 0 saturated carbocycles. The highest BCUT2D eigenvalue weighted by molar-refractivity contribution is 5.75. The molecule has 0 atom stereocenters. The van der Waals surface area contributed by atoms with Gasteiger partial charge in [-0.05, 0) is 44.9 Å². The zero-order valence-corrected chi connectivity index (χ0v) is 15.3. The van der Waals surface area contributed by atoms with Gasteiger partial charge in [0.1, 0.15) is 0 Å². The number of carbonyl (C=O) groups is 1. The van der Waals surface area contributed by atoms with Crippen molar-refractivity contribution in [3.05, 3.63) is 48.4 Å². The van der Waals surface area contributed by atoms with Gasteiger partial charge in [-0.15, -0.1) is 0 Å². The van der Waals surface area contributed by atoms with E-state index in [2.05, 4.69) is 5.32 Å². The lowest BCUT2D eigenvalue weighted by molar-refractivity contribution is -0.121. The molecule has 0 bridgehead atoms. The van der Waals surface area contributed by atoms with Crippen LogP contribution in [0.2, 0.25) is 0 Å². The van der Waals surface area contributed by atoms with Gasteiger partial charge in [0.05, 0.1) is 17.6 Å². The Bertz CT molecular complexity index is 759. The molecule has 0 spiro atoms. The second kappa shape index (κ2) is 20.4. The highest BCUT2D eigenvalue weighted by Gasteiger charge is 1.97. The monoisotopic (exact) mass is 363 g/mol. The second-order valence-electron chi connectivity index (χ2n) is 5.33. The normalized spacial score (nSPS) is 19.9. The summed E-state index contributed by atoms with van der Waals surface area (Å²) in [6.45, 7) is 2.06.